The van der Waals surface area contributed by atoms with Gasteiger partial charge >= 0.3 is 5.97 Å². The third-order valence-electron chi connectivity index (χ3n) is 3.66. The molecule has 0 radical (unpaired) electrons. The smallest absolute Gasteiger partial charge is 0.316 e. The van der Waals surface area contributed by atoms with Crippen LogP contribution in [0.3, 0.4) is 0 Å². The van der Waals surface area contributed by atoms with Crippen molar-refractivity contribution in [1.82, 2.24) is 0 Å². The zero-order valence-electron chi connectivity index (χ0n) is 14.4. The Morgan fingerprint density at radius 3 is 2.48 bits per heavy atom. The van der Waals surface area contributed by atoms with Gasteiger partial charge in [0.1, 0.15) is 0 Å². The van der Waals surface area contributed by atoms with E-state index >= 15 is 0 Å². The second kappa shape index (κ2) is 8.92. The number of halogens is 1. The van der Waals surface area contributed by atoms with E-state index in [1.165, 1.54) is 22.9 Å². The molecule has 0 spiro atoms. The van der Waals surface area contributed by atoms with Gasteiger partial charge in [0.25, 0.3) is 5.91 Å². The number of hydrogen-bond acceptors (Lipinski definition) is 4. The monoisotopic (exact) mass is 377 g/mol. The average Bonchev–Trinajstić information content (AvgIpc) is 2.56. The number of thioether (sulfide) groups is 1. The lowest BCUT2D eigenvalue weighted by molar-refractivity contribution is -0.144. The van der Waals surface area contributed by atoms with E-state index in [0.29, 0.717) is 10.7 Å². The third-order valence-corrected chi connectivity index (χ3v) is 4.86. The molecule has 1 N–H and O–H groups in total. The van der Waals surface area contributed by atoms with Crippen LogP contribution in [0, 0.1) is 20.8 Å². The second-order valence-electron chi connectivity index (χ2n) is 5.70. The number of ether oxygens (including phenoxy) is 1. The molecule has 0 aliphatic heterocycles. The molecule has 0 saturated carbocycles. The zero-order valence-corrected chi connectivity index (χ0v) is 16.0. The van der Waals surface area contributed by atoms with Gasteiger partial charge in [-0.1, -0.05) is 17.7 Å². The molecule has 0 fully saturated rings. The molecule has 2 aromatic rings. The minimum Gasteiger partial charge on any atom is -0.455 e. The van der Waals surface area contributed by atoms with Crippen molar-refractivity contribution in [2.75, 3.05) is 17.7 Å². The van der Waals surface area contributed by atoms with Crippen LogP contribution in [0.25, 0.3) is 0 Å². The summed E-state index contributed by atoms with van der Waals surface area (Å²) in [5, 5.41) is 3.30. The maximum absolute atomic E-state index is 11.9. The van der Waals surface area contributed by atoms with Crippen LogP contribution in [0.4, 0.5) is 5.69 Å². The Hall–Kier alpha value is -1.98. The van der Waals surface area contributed by atoms with Crippen molar-refractivity contribution in [1.29, 1.82) is 0 Å². The lowest BCUT2D eigenvalue weighted by Crippen LogP contribution is -2.22. The first kappa shape index (κ1) is 19.3. The molecule has 0 aliphatic carbocycles. The van der Waals surface area contributed by atoms with Crippen molar-refractivity contribution in [2.45, 2.75) is 25.7 Å². The first-order chi connectivity index (χ1) is 11.8. The quantitative estimate of drug-likeness (QED) is 0.593. The fourth-order valence-electron chi connectivity index (χ4n) is 2.09. The van der Waals surface area contributed by atoms with Gasteiger partial charge in [0.2, 0.25) is 0 Å². The standard InChI is InChI=1S/C19H20ClNO3S/c1-12-4-6-16(9-13(12)2)25-11-19(23)24-10-18(22)21-17-7-5-15(20)8-14(17)3/h4-9H,10-11H2,1-3H3,(H,21,22). The summed E-state index contributed by atoms with van der Waals surface area (Å²) in [7, 11) is 0. The van der Waals surface area contributed by atoms with E-state index in [9.17, 15) is 9.59 Å². The minimum absolute atomic E-state index is 0.162. The molecule has 0 atom stereocenters. The van der Waals surface area contributed by atoms with E-state index in [1.54, 1.807) is 18.2 Å². The number of rotatable bonds is 6. The number of aryl methyl sites for hydroxylation is 3. The fraction of sp³-hybridized carbons (Fsp3) is 0.263. The molecular weight excluding hydrogens is 358 g/mol. The van der Waals surface area contributed by atoms with E-state index in [-0.39, 0.29) is 18.3 Å². The van der Waals surface area contributed by atoms with Crippen molar-refractivity contribution in [3.63, 3.8) is 0 Å². The van der Waals surface area contributed by atoms with Crippen molar-refractivity contribution in [3.8, 4) is 0 Å². The molecule has 2 aromatic carbocycles. The van der Waals surface area contributed by atoms with Gasteiger partial charge in [0.15, 0.2) is 6.61 Å². The number of carbonyl (C=O) groups excluding carboxylic acids is 2. The van der Waals surface area contributed by atoms with Crippen LogP contribution in [0.5, 0.6) is 0 Å². The first-order valence-electron chi connectivity index (χ1n) is 7.77. The Balaban J connectivity index is 1.77. The highest BCUT2D eigenvalue weighted by Gasteiger charge is 2.10. The number of amides is 1. The summed E-state index contributed by atoms with van der Waals surface area (Å²) < 4.78 is 5.02. The summed E-state index contributed by atoms with van der Waals surface area (Å²) in [6.07, 6.45) is 0. The van der Waals surface area contributed by atoms with Crippen molar-refractivity contribution >= 4 is 40.9 Å². The lowest BCUT2D eigenvalue weighted by atomic mass is 10.1. The highest BCUT2D eigenvalue weighted by atomic mass is 35.5. The van der Waals surface area contributed by atoms with E-state index in [4.69, 9.17) is 16.3 Å². The molecule has 0 aliphatic rings. The molecule has 0 saturated heterocycles. The van der Waals surface area contributed by atoms with Gasteiger partial charge < -0.3 is 10.1 Å². The van der Waals surface area contributed by atoms with Gasteiger partial charge in [-0.25, -0.2) is 0 Å². The molecule has 6 heteroatoms. The van der Waals surface area contributed by atoms with E-state index in [1.807, 2.05) is 39.0 Å². The predicted octanol–water partition coefficient (Wildman–Crippen LogP) is 4.54. The van der Waals surface area contributed by atoms with Crippen LogP contribution in [0.2, 0.25) is 5.02 Å². The SMILES string of the molecule is Cc1ccc(SCC(=O)OCC(=O)Nc2ccc(Cl)cc2C)cc1C. The average molecular weight is 378 g/mol. The molecular formula is C19H20ClNO3S. The first-order valence-corrected chi connectivity index (χ1v) is 9.13. The number of hydrogen-bond donors (Lipinski definition) is 1. The third kappa shape index (κ3) is 6.11. The van der Waals surface area contributed by atoms with Gasteiger partial charge in [-0.2, -0.15) is 0 Å². The van der Waals surface area contributed by atoms with Crippen LogP contribution in [-0.4, -0.2) is 24.2 Å². The Kier molecular flexibility index (Phi) is 6.91. The van der Waals surface area contributed by atoms with Crippen molar-refractivity contribution < 1.29 is 14.3 Å². The molecule has 25 heavy (non-hydrogen) atoms. The lowest BCUT2D eigenvalue weighted by Gasteiger charge is -2.09. The number of benzene rings is 2. The van der Waals surface area contributed by atoms with E-state index < -0.39 is 5.97 Å². The summed E-state index contributed by atoms with van der Waals surface area (Å²) >= 11 is 7.27. The van der Waals surface area contributed by atoms with Crippen LogP contribution in [0.15, 0.2) is 41.3 Å². The Morgan fingerprint density at radius 1 is 1.04 bits per heavy atom. The summed E-state index contributed by atoms with van der Waals surface area (Å²) in [5.74, 6) is -0.642. The molecule has 1 amide bonds. The zero-order chi connectivity index (χ0) is 18.4. The minimum atomic E-state index is -0.425. The van der Waals surface area contributed by atoms with Gasteiger partial charge in [0.05, 0.1) is 5.75 Å². The molecule has 0 aromatic heterocycles. The van der Waals surface area contributed by atoms with Crippen molar-refractivity contribution in [3.05, 3.63) is 58.1 Å². The fourth-order valence-corrected chi connectivity index (χ4v) is 3.11. The number of nitrogens with one attached hydrogen (secondary N) is 1. The van der Waals surface area contributed by atoms with Crippen LogP contribution in [-0.2, 0) is 14.3 Å². The van der Waals surface area contributed by atoms with Crippen LogP contribution < -0.4 is 5.32 Å². The number of esters is 1. The maximum atomic E-state index is 11.9. The maximum Gasteiger partial charge on any atom is 0.316 e. The van der Waals surface area contributed by atoms with Gasteiger partial charge in [-0.15, -0.1) is 11.8 Å². The predicted molar refractivity (Wildman–Crippen MR) is 102 cm³/mol. The second-order valence-corrected chi connectivity index (χ2v) is 7.19. The summed E-state index contributed by atoms with van der Waals surface area (Å²) in [6.45, 7) is 5.60. The largest absolute Gasteiger partial charge is 0.455 e. The van der Waals surface area contributed by atoms with Crippen LogP contribution in [0.1, 0.15) is 16.7 Å². The normalized spacial score (nSPS) is 10.4. The highest BCUT2D eigenvalue weighted by Crippen LogP contribution is 2.21. The molecule has 4 nitrogen and oxygen atoms in total. The van der Waals surface area contributed by atoms with Gasteiger partial charge in [-0.05, 0) is 67.8 Å². The molecule has 0 heterocycles. The molecule has 0 bridgehead atoms. The van der Waals surface area contributed by atoms with Gasteiger partial charge in [-0.3, -0.25) is 9.59 Å². The topological polar surface area (TPSA) is 55.4 Å². The van der Waals surface area contributed by atoms with Crippen LogP contribution >= 0.6 is 23.4 Å². The summed E-state index contributed by atoms with van der Waals surface area (Å²) in [5.41, 5.74) is 3.88. The summed E-state index contributed by atoms with van der Waals surface area (Å²) in [6, 6.07) is 11.2. The van der Waals surface area contributed by atoms with E-state index in [2.05, 4.69) is 5.32 Å². The van der Waals surface area contributed by atoms with Crippen molar-refractivity contribution in [2.24, 2.45) is 0 Å². The Morgan fingerprint density at radius 2 is 1.80 bits per heavy atom. The number of carbonyl (C=O) groups is 2. The Bertz CT molecular complexity index is 792. The number of anilines is 1. The molecule has 132 valence electrons. The molecule has 2 rings (SSSR count). The summed E-state index contributed by atoms with van der Waals surface area (Å²) in [4.78, 5) is 24.7. The van der Waals surface area contributed by atoms with Gasteiger partial charge in [0, 0.05) is 15.6 Å². The Labute approximate surface area is 156 Å². The highest BCUT2D eigenvalue weighted by molar-refractivity contribution is 8.00. The molecule has 0 unspecified atom stereocenters. The van der Waals surface area contributed by atoms with E-state index in [0.717, 1.165) is 10.5 Å².